The molecule has 0 aromatic rings. The van der Waals surface area contributed by atoms with Crippen molar-refractivity contribution in [3.63, 3.8) is 0 Å². The molecule has 2 N–H and O–H groups in total. The van der Waals surface area contributed by atoms with Gasteiger partial charge in [0.15, 0.2) is 0 Å². The van der Waals surface area contributed by atoms with Crippen LogP contribution in [0.5, 0.6) is 0 Å². The Hall–Kier alpha value is -0.860. The van der Waals surface area contributed by atoms with Gasteiger partial charge in [-0.15, -0.1) is 0 Å². The van der Waals surface area contributed by atoms with Crippen LogP contribution >= 0.6 is 0 Å². The molecule has 0 radical (unpaired) electrons. The van der Waals surface area contributed by atoms with Gasteiger partial charge >= 0.3 is 0 Å². The number of aliphatic hydroxyl groups is 2. The van der Waals surface area contributed by atoms with Gasteiger partial charge in [0, 0.05) is 0 Å². The lowest BCUT2D eigenvalue weighted by Gasteiger charge is -2.42. The quantitative estimate of drug-likeness (QED) is 0.715. The molecule has 6 atom stereocenters. The van der Waals surface area contributed by atoms with E-state index in [4.69, 9.17) is 0 Å². The number of fused-ring (bicyclic) bond motifs is 1. The highest BCUT2D eigenvalue weighted by molar-refractivity contribution is 5.29. The van der Waals surface area contributed by atoms with E-state index in [0.29, 0.717) is 23.8 Å². The zero-order chi connectivity index (χ0) is 17.5. The summed E-state index contributed by atoms with van der Waals surface area (Å²) >= 11 is 0. The summed E-state index contributed by atoms with van der Waals surface area (Å²) in [6.07, 6.45) is 11.1. The van der Waals surface area contributed by atoms with Gasteiger partial charge in [0.25, 0.3) is 0 Å². The topological polar surface area (TPSA) is 40.5 Å². The third-order valence-electron chi connectivity index (χ3n) is 7.31. The Bertz CT molecular complexity index is 542. The third kappa shape index (κ3) is 3.04. The van der Waals surface area contributed by atoms with E-state index in [0.717, 1.165) is 23.3 Å². The van der Waals surface area contributed by atoms with Gasteiger partial charge in [-0.1, -0.05) is 57.1 Å². The van der Waals surface area contributed by atoms with Crippen molar-refractivity contribution in [2.75, 3.05) is 0 Å². The predicted molar refractivity (Wildman–Crippen MR) is 99.6 cm³/mol. The van der Waals surface area contributed by atoms with Crippen molar-refractivity contribution in [3.8, 4) is 0 Å². The van der Waals surface area contributed by atoms with E-state index < -0.39 is 12.2 Å². The first kappa shape index (κ1) is 17.9. The highest BCUT2D eigenvalue weighted by Crippen LogP contribution is 2.60. The minimum atomic E-state index is -0.592. The lowest BCUT2D eigenvalue weighted by molar-refractivity contribution is 0.120. The van der Waals surface area contributed by atoms with Crippen molar-refractivity contribution in [2.45, 2.75) is 77.9 Å². The van der Waals surface area contributed by atoms with E-state index in [1.807, 2.05) is 0 Å². The van der Waals surface area contributed by atoms with E-state index in [1.165, 1.54) is 32.1 Å². The smallest absolute Gasteiger partial charge is 0.0809 e. The zero-order valence-corrected chi connectivity index (χ0v) is 15.6. The van der Waals surface area contributed by atoms with Gasteiger partial charge in [-0.3, -0.25) is 0 Å². The van der Waals surface area contributed by atoms with Crippen molar-refractivity contribution in [3.05, 3.63) is 35.5 Å². The molecular weight excluding hydrogens is 296 g/mol. The molecule has 134 valence electrons. The summed E-state index contributed by atoms with van der Waals surface area (Å²) in [7, 11) is 0. The molecule has 0 heterocycles. The molecule has 0 bridgehead atoms. The largest absolute Gasteiger partial charge is 0.388 e. The van der Waals surface area contributed by atoms with Crippen molar-refractivity contribution < 1.29 is 10.2 Å². The van der Waals surface area contributed by atoms with E-state index in [1.54, 1.807) is 5.57 Å². The Labute approximate surface area is 147 Å². The maximum atomic E-state index is 10.0. The van der Waals surface area contributed by atoms with Gasteiger partial charge in [0.1, 0.15) is 0 Å². The number of rotatable bonds is 2. The van der Waals surface area contributed by atoms with Crippen LogP contribution in [-0.4, -0.2) is 22.4 Å². The Morgan fingerprint density at radius 2 is 1.88 bits per heavy atom. The first-order chi connectivity index (χ1) is 11.4. The minimum absolute atomic E-state index is 0.469. The third-order valence-corrected chi connectivity index (χ3v) is 7.31. The molecule has 0 aromatic carbocycles. The number of hydrogen-bond donors (Lipinski definition) is 2. The molecule has 3 saturated carbocycles. The first-order valence-corrected chi connectivity index (χ1v) is 9.80. The van der Waals surface area contributed by atoms with Crippen LogP contribution in [0.15, 0.2) is 35.5 Å². The van der Waals surface area contributed by atoms with Crippen molar-refractivity contribution >= 4 is 0 Å². The molecule has 3 rings (SSSR count). The van der Waals surface area contributed by atoms with E-state index >= 15 is 0 Å². The molecular formula is C22H34O2. The standard InChI is InChI=1S/C22H34O2/c1-5-18-14(2)11-19-17(7-6-10-22(18,19)4)9-8-16-12-20(23)15(3)21(24)13-16/h8-9,14,18-21,23-24H,3,5-7,10-13H2,1-2,4H3/b17-9+/t14?,18?,19?,20-,21-,22?/m1/s1. The second kappa shape index (κ2) is 6.80. The molecule has 0 saturated heterocycles. The van der Waals surface area contributed by atoms with Crippen molar-refractivity contribution in [1.29, 1.82) is 0 Å². The monoisotopic (exact) mass is 330 g/mol. The van der Waals surface area contributed by atoms with Gasteiger partial charge < -0.3 is 10.2 Å². The molecule has 3 fully saturated rings. The number of hydrogen-bond acceptors (Lipinski definition) is 2. The molecule has 4 unspecified atom stereocenters. The fourth-order valence-corrected chi connectivity index (χ4v) is 5.99. The highest BCUT2D eigenvalue weighted by Gasteiger charge is 2.51. The van der Waals surface area contributed by atoms with Crippen LogP contribution in [0.3, 0.4) is 0 Å². The van der Waals surface area contributed by atoms with Crippen LogP contribution < -0.4 is 0 Å². The Morgan fingerprint density at radius 3 is 2.50 bits per heavy atom. The molecule has 2 heteroatoms. The molecule has 0 spiro atoms. The predicted octanol–water partition coefficient (Wildman–Crippen LogP) is 4.78. The number of aliphatic hydroxyl groups excluding tert-OH is 2. The summed E-state index contributed by atoms with van der Waals surface area (Å²) in [5.74, 6) is 2.39. The summed E-state index contributed by atoms with van der Waals surface area (Å²) in [5.41, 5.74) is 3.80. The van der Waals surface area contributed by atoms with Crippen LogP contribution in [0.4, 0.5) is 0 Å². The van der Waals surface area contributed by atoms with Gasteiger partial charge in [-0.25, -0.2) is 0 Å². The van der Waals surface area contributed by atoms with Crippen LogP contribution in [-0.2, 0) is 0 Å². The summed E-state index contributed by atoms with van der Waals surface area (Å²) in [6, 6.07) is 0. The van der Waals surface area contributed by atoms with Crippen LogP contribution in [0.1, 0.15) is 65.7 Å². The molecule has 0 aliphatic heterocycles. The molecule has 3 aliphatic rings. The van der Waals surface area contributed by atoms with Crippen molar-refractivity contribution in [1.82, 2.24) is 0 Å². The van der Waals surface area contributed by atoms with Crippen molar-refractivity contribution in [2.24, 2.45) is 23.2 Å². The van der Waals surface area contributed by atoms with Crippen LogP contribution in [0, 0.1) is 23.2 Å². The zero-order valence-electron chi connectivity index (χ0n) is 15.6. The molecule has 0 amide bonds. The Balaban J connectivity index is 1.81. The average Bonchev–Trinajstić information content (AvgIpc) is 2.80. The Morgan fingerprint density at radius 1 is 1.21 bits per heavy atom. The van der Waals surface area contributed by atoms with E-state index in [9.17, 15) is 10.2 Å². The molecule has 2 nitrogen and oxygen atoms in total. The maximum absolute atomic E-state index is 10.0. The normalized spacial score (nSPS) is 44.7. The van der Waals surface area contributed by atoms with E-state index in [-0.39, 0.29) is 0 Å². The van der Waals surface area contributed by atoms with Gasteiger partial charge in [-0.2, -0.15) is 0 Å². The fraction of sp³-hybridized carbons (Fsp3) is 0.727. The van der Waals surface area contributed by atoms with Gasteiger partial charge in [-0.05, 0) is 67.3 Å². The number of allylic oxidation sites excluding steroid dienone is 3. The van der Waals surface area contributed by atoms with Crippen LogP contribution in [0.2, 0.25) is 0 Å². The maximum Gasteiger partial charge on any atom is 0.0809 e. The summed E-state index contributed by atoms with van der Waals surface area (Å²) in [5, 5.41) is 20.1. The summed E-state index contributed by atoms with van der Waals surface area (Å²) < 4.78 is 0. The van der Waals surface area contributed by atoms with E-state index in [2.05, 4.69) is 39.5 Å². The lowest BCUT2D eigenvalue weighted by atomic mass is 9.62. The fourth-order valence-electron chi connectivity index (χ4n) is 5.99. The molecule has 0 aromatic heterocycles. The summed E-state index contributed by atoms with van der Waals surface area (Å²) in [6.45, 7) is 11.1. The second-order valence-corrected chi connectivity index (χ2v) is 8.72. The Kier molecular flexibility index (Phi) is 5.09. The minimum Gasteiger partial charge on any atom is -0.388 e. The first-order valence-electron chi connectivity index (χ1n) is 9.80. The average molecular weight is 331 g/mol. The molecule has 24 heavy (non-hydrogen) atoms. The summed E-state index contributed by atoms with van der Waals surface area (Å²) in [4.78, 5) is 0. The SMILES string of the molecule is C=C1[C@H](O)CC(=C/C=C2\CCCC3(C)C2CC(C)C3CC)C[C@H]1O. The second-order valence-electron chi connectivity index (χ2n) is 8.72. The van der Waals surface area contributed by atoms with Gasteiger partial charge in [0.2, 0.25) is 0 Å². The molecule has 3 aliphatic carbocycles. The lowest BCUT2D eigenvalue weighted by Crippen LogP contribution is -2.33. The van der Waals surface area contributed by atoms with Gasteiger partial charge in [0.05, 0.1) is 12.2 Å². The van der Waals surface area contributed by atoms with Crippen LogP contribution in [0.25, 0.3) is 0 Å². The highest BCUT2D eigenvalue weighted by atomic mass is 16.3.